The molecule has 6 nitrogen and oxygen atoms in total. The highest BCUT2D eigenvalue weighted by Gasteiger charge is 2.52. The number of hydrogen-bond acceptors (Lipinski definition) is 3. The smallest absolute Gasteiger partial charge is 0.257 e. The summed E-state index contributed by atoms with van der Waals surface area (Å²) in [7, 11) is 1.89. The van der Waals surface area contributed by atoms with Crippen LogP contribution in [0, 0.1) is 0 Å². The zero-order chi connectivity index (χ0) is 19.9. The lowest BCUT2D eigenvalue weighted by Crippen LogP contribution is -2.62. The van der Waals surface area contributed by atoms with Gasteiger partial charge >= 0.3 is 0 Å². The van der Waals surface area contributed by atoms with Gasteiger partial charge in [-0.25, -0.2) is 0 Å². The molecule has 1 unspecified atom stereocenters. The Morgan fingerprint density at radius 1 is 1.18 bits per heavy atom. The first kappa shape index (κ1) is 19.0. The fourth-order valence-electron chi connectivity index (χ4n) is 5.10. The molecular formula is C22H29N3O3. The number of amides is 3. The molecule has 2 aliphatic heterocycles. The van der Waals surface area contributed by atoms with Gasteiger partial charge in [-0.15, -0.1) is 0 Å². The Hall–Kier alpha value is -2.37. The number of para-hydroxylation sites is 1. The van der Waals surface area contributed by atoms with E-state index in [1.54, 1.807) is 15.9 Å². The predicted octanol–water partition coefficient (Wildman–Crippen LogP) is 3.17. The SMILES string of the molecule is CN(C(=O)CCN1C(=O)c2ccccc2N2C(=O)CCC12C)C1CCCCC1. The number of anilines is 1. The molecule has 1 atom stereocenters. The third kappa shape index (κ3) is 2.99. The molecule has 6 heteroatoms. The number of nitrogens with zero attached hydrogens (tertiary/aromatic N) is 3. The van der Waals surface area contributed by atoms with Gasteiger partial charge in [-0.3, -0.25) is 19.3 Å². The lowest BCUT2D eigenvalue weighted by Gasteiger charge is -2.48. The van der Waals surface area contributed by atoms with Gasteiger partial charge in [0, 0.05) is 32.5 Å². The fourth-order valence-corrected chi connectivity index (χ4v) is 5.10. The highest BCUT2D eigenvalue weighted by molar-refractivity contribution is 6.10. The molecule has 0 bridgehead atoms. The highest BCUT2D eigenvalue weighted by atomic mass is 16.2. The van der Waals surface area contributed by atoms with E-state index in [2.05, 4.69) is 0 Å². The number of fused-ring (bicyclic) bond motifs is 3. The zero-order valence-electron chi connectivity index (χ0n) is 16.8. The number of carbonyl (C=O) groups excluding carboxylic acids is 3. The van der Waals surface area contributed by atoms with Crippen molar-refractivity contribution in [2.24, 2.45) is 0 Å². The number of hydrogen-bond donors (Lipinski definition) is 0. The van der Waals surface area contributed by atoms with Gasteiger partial charge < -0.3 is 9.80 Å². The average molecular weight is 383 g/mol. The Kier molecular flexibility index (Phi) is 4.89. The normalized spacial score (nSPS) is 24.9. The first-order valence-corrected chi connectivity index (χ1v) is 10.4. The van der Waals surface area contributed by atoms with Crippen LogP contribution in [0.2, 0.25) is 0 Å². The van der Waals surface area contributed by atoms with Gasteiger partial charge in [0.05, 0.1) is 11.3 Å². The molecule has 0 spiro atoms. The van der Waals surface area contributed by atoms with E-state index in [1.807, 2.05) is 37.1 Å². The maximum Gasteiger partial charge on any atom is 0.257 e. The van der Waals surface area contributed by atoms with Crippen molar-refractivity contribution in [3.8, 4) is 0 Å². The van der Waals surface area contributed by atoms with Crippen LogP contribution in [-0.2, 0) is 9.59 Å². The molecule has 1 aromatic carbocycles. The largest absolute Gasteiger partial charge is 0.343 e. The molecular weight excluding hydrogens is 354 g/mol. The number of carbonyl (C=O) groups is 3. The van der Waals surface area contributed by atoms with E-state index in [-0.39, 0.29) is 17.7 Å². The molecule has 3 amide bonds. The average Bonchev–Trinajstić information content (AvgIpc) is 3.03. The zero-order valence-corrected chi connectivity index (χ0v) is 16.8. The minimum Gasteiger partial charge on any atom is -0.343 e. The second-order valence-corrected chi connectivity index (χ2v) is 8.47. The molecule has 0 N–H and O–H groups in total. The van der Waals surface area contributed by atoms with Crippen LogP contribution in [0.5, 0.6) is 0 Å². The summed E-state index contributed by atoms with van der Waals surface area (Å²) in [6, 6.07) is 7.61. The standard InChI is InChI=1S/C22H29N3O3/c1-22-14-12-20(27)25(22)18-11-7-6-10-17(18)21(28)24(22)15-13-19(26)23(2)16-8-4-3-5-9-16/h6-7,10-11,16H,3-5,8-9,12-15H2,1-2H3. The summed E-state index contributed by atoms with van der Waals surface area (Å²) in [6.07, 6.45) is 7.05. The molecule has 3 aliphatic rings. The van der Waals surface area contributed by atoms with E-state index in [1.165, 1.54) is 19.3 Å². The quantitative estimate of drug-likeness (QED) is 0.802. The summed E-state index contributed by atoms with van der Waals surface area (Å²) in [5.41, 5.74) is 0.550. The van der Waals surface area contributed by atoms with E-state index in [9.17, 15) is 14.4 Å². The van der Waals surface area contributed by atoms with Crippen molar-refractivity contribution in [1.29, 1.82) is 0 Å². The van der Waals surface area contributed by atoms with E-state index in [0.29, 0.717) is 43.1 Å². The Morgan fingerprint density at radius 3 is 2.64 bits per heavy atom. The van der Waals surface area contributed by atoms with Gasteiger partial charge in [0.1, 0.15) is 5.66 Å². The van der Waals surface area contributed by atoms with Crippen LogP contribution in [-0.4, -0.2) is 52.8 Å². The topological polar surface area (TPSA) is 60.9 Å². The van der Waals surface area contributed by atoms with Gasteiger partial charge in [0.15, 0.2) is 0 Å². The van der Waals surface area contributed by atoms with E-state index < -0.39 is 5.66 Å². The van der Waals surface area contributed by atoms with Crippen molar-refractivity contribution >= 4 is 23.4 Å². The van der Waals surface area contributed by atoms with Crippen molar-refractivity contribution in [3.05, 3.63) is 29.8 Å². The minimum absolute atomic E-state index is 0.0399. The number of benzene rings is 1. The Labute approximate surface area is 166 Å². The third-order valence-electron chi connectivity index (χ3n) is 6.81. The van der Waals surface area contributed by atoms with Crippen molar-refractivity contribution in [1.82, 2.24) is 9.80 Å². The van der Waals surface area contributed by atoms with Gasteiger partial charge in [0.2, 0.25) is 11.8 Å². The number of rotatable bonds is 4. The summed E-state index contributed by atoms with van der Waals surface area (Å²) < 4.78 is 0. The monoisotopic (exact) mass is 383 g/mol. The Bertz CT molecular complexity index is 802. The summed E-state index contributed by atoms with van der Waals surface area (Å²) in [6.45, 7) is 2.28. The Balaban J connectivity index is 1.53. The Morgan fingerprint density at radius 2 is 1.89 bits per heavy atom. The lowest BCUT2D eigenvalue weighted by atomic mass is 9.94. The summed E-state index contributed by atoms with van der Waals surface area (Å²) in [4.78, 5) is 44.0. The minimum atomic E-state index is -0.688. The molecule has 4 rings (SSSR count). The van der Waals surface area contributed by atoms with Crippen LogP contribution in [0.3, 0.4) is 0 Å². The van der Waals surface area contributed by atoms with Gasteiger partial charge in [0.25, 0.3) is 5.91 Å². The van der Waals surface area contributed by atoms with Crippen LogP contribution in [0.4, 0.5) is 5.69 Å². The van der Waals surface area contributed by atoms with Crippen LogP contribution in [0.25, 0.3) is 0 Å². The molecule has 1 aromatic rings. The fraction of sp³-hybridized carbons (Fsp3) is 0.591. The predicted molar refractivity (Wildman–Crippen MR) is 107 cm³/mol. The molecule has 28 heavy (non-hydrogen) atoms. The molecule has 150 valence electrons. The van der Waals surface area contributed by atoms with E-state index in [4.69, 9.17) is 0 Å². The van der Waals surface area contributed by atoms with E-state index >= 15 is 0 Å². The van der Waals surface area contributed by atoms with Gasteiger partial charge in [-0.05, 0) is 38.3 Å². The van der Waals surface area contributed by atoms with Gasteiger partial charge in [-0.1, -0.05) is 31.4 Å². The van der Waals surface area contributed by atoms with Crippen molar-refractivity contribution in [2.75, 3.05) is 18.5 Å². The van der Waals surface area contributed by atoms with Crippen molar-refractivity contribution in [3.63, 3.8) is 0 Å². The van der Waals surface area contributed by atoms with Crippen LogP contribution < -0.4 is 4.90 Å². The second kappa shape index (κ2) is 7.22. The van der Waals surface area contributed by atoms with Crippen LogP contribution in [0.15, 0.2) is 24.3 Å². The molecule has 1 aliphatic carbocycles. The molecule has 2 fully saturated rings. The molecule has 0 aromatic heterocycles. The second-order valence-electron chi connectivity index (χ2n) is 8.47. The van der Waals surface area contributed by atoms with Crippen LogP contribution >= 0.6 is 0 Å². The molecule has 0 radical (unpaired) electrons. The summed E-state index contributed by atoms with van der Waals surface area (Å²) in [5, 5.41) is 0. The highest BCUT2D eigenvalue weighted by Crippen LogP contribution is 2.44. The van der Waals surface area contributed by atoms with Crippen molar-refractivity contribution in [2.45, 2.75) is 70.0 Å². The maximum absolute atomic E-state index is 13.2. The third-order valence-corrected chi connectivity index (χ3v) is 6.81. The lowest BCUT2D eigenvalue weighted by molar-refractivity contribution is -0.133. The van der Waals surface area contributed by atoms with Crippen molar-refractivity contribution < 1.29 is 14.4 Å². The first-order valence-electron chi connectivity index (χ1n) is 10.4. The molecule has 1 saturated heterocycles. The van der Waals surface area contributed by atoms with Gasteiger partial charge in [-0.2, -0.15) is 0 Å². The summed E-state index contributed by atoms with van der Waals surface area (Å²) in [5.74, 6) is 0.0355. The van der Waals surface area contributed by atoms with Crippen LogP contribution in [0.1, 0.15) is 68.6 Å². The first-order chi connectivity index (χ1) is 13.4. The molecule has 1 saturated carbocycles. The van der Waals surface area contributed by atoms with E-state index in [0.717, 1.165) is 12.8 Å². The maximum atomic E-state index is 13.2. The molecule has 2 heterocycles. The summed E-state index contributed by atoms with van der Waals surface area (Å²) >= 11 is 0.